The third-order valence-corrected chi connectivity index (χ3v) is 2.21. The number of hydrogen-bond acceptors (Lipinski definition) is 5. The van der Waals surface area contributed by atoms with Crippen molar-refractivity contribution in [3.05, 3.63) is 0 Å². The first kappa shape index (κ1) is 14.4. The summed E-state index contributed by atoms with van der Waals surface area (Å²) in [5, 5.41) is 4.53. The quantitative estimate of drug-likeness (QED) is 0.689. The van der Waals surface area contributed by atoms with E-state index in [1.807, 2.05) is 0 Å². The van der Waals surface area contributed by atoms with Crippen LogP contribution in [0.5, 0.6) is 0 Å². The molecule has 7 nitrogen and oxygen atoms in total. The minimum atomic E-state index is -0.667. The van der Waals surface area contributed by atoms with Gasteiger partial charge in [-0.15, -0.1) is 0 Å². The normalized spacial score (nSPS) is 18.5. The minimum Gasteiger partial charge on any atom is -0.454 e. The summed E-state index contributed by atoms with van der Waals surface area (Å²) in [5.74, 6) is -1.23. The van der Waals surface area contributed by atoms with Crippen LogP contribution in [0, 0.1) is 0 Å². The Hall–Kier alpha value is -1.63. The van der Waals surface area contributed by atoms with Crippen LogP contribution in [0.2, 0.25) is 0 Å². The molecule has 0 aliphatic carbocycles. The maximum absolute atomic E-state index is 11.4. The van der Waals surface area contributed by atoms with E-state index < -0.39 is 30.6 Å². The van der Waals surface area contributed by atoms with Crippen LogP contribution in [0.15, 0.2) is 0 Å². The van der Waals surface area contributed by atoms with Crippen molar-refractivity contribution in [1.29, 1.82) is 0 Å². The van der Waals surface area contributed by atoms with Crippen LogP contribution in [0.25, 0.3) is 0 Å². The molecule has 0 aromatic heterocycles. The molecule has 18 heavy (non-hydrogen) atoms. The van der Waals surface area contributed by atoms with Gasteiger partial charge >= 0.3 is 12.0 Å². The van der Waals surface area contributed by atoms with Gasteiger partial charge in [-0.25, -0.2) is 9.59 Å². The van der Waals surface area contributed by atoms with Gasteiger partial charge in [-0.3, -0.25) is 10.1 Å². The molecule has 0 unspecified atom stereocenters. The van der Waals surface area contributed by atoms with Crippen molar-refractivity contribution in [1.82, 2.24) is 10.6 Å². The first-order valence-corrected chi connectivity index (χ1v) is 5.87. The SMILES string of the molecule is CC(C)NC(=O)NC(=O)COC(=O)[C@@H]1CCCO1. The maximum atomic E-state index is 11.4. The summed E-state index contributed by atoms with van der Waals surface area (Å²) >= 11 is 0. The highest BCUT2D eigenvalue weighted by Crippen LogP contribution is 2.12. The summed E-state index contributed by atoms with van der Waals surface area (Å²) in [5.41, 5.74) is 0. The molecule has 3 amide bonds. The van der Waals surface area contributed by atoms with E-state index in [4.69, 9.17) is 9.47 Å². The highest BCUT2D eigenvalue weighted by Gasteiger charge is 2.25. The fourth-order valence-electron chi connectivity index (χ4n) is 1.45. The van der Waals surface area contributed by atoms with E-state index in [0.717, 1.165) is 6.42 Å². The summed E-state index contributed by atoms with van der Waals surface area (Å²) in [7, 11) is 0. The number of esters is 1. The van der Waals surface area contributed by atoms with Gasteiger partial charge in [0.25, 0.3) is 5.91 Å². The standard InChI is InChI=1S/C11H18N2O5/c1-7(2)12-11(16)13-9(14)6-18-10(15)8-4-3-5-17-8/h7-8H,3-6H2,1-2H3,(H2,12,13,14,16)/t8-/m0/s1. The smallest absolute Gasteiger partial charge is 0.335 e. The van der Waals surface area contributed by atoms with Gasteiger partial charge in [-0.2, -0.15) is 0 Å². The van der Waals surface area contributed by atoms with Gasteiger partial charge in [0, 0.05) is 12.6 Å². The monoisotopic (exact) mass is 258 g/mol. The molecule has 1 saturated heterocycles. The predicted octanol–water partition coefficient (Wildman–Crippen LogP) is -0.0572. The van der Waals surface area contributed by atoms with Crippen molar-refractivity contribution in [3.8, 4) is 0 Å². The van der Waals surface area contributed by atoms with Crippen molar-refractivity contribution >= 4 is 17.9 Å². The molecular formula is C11H18N2O5. The molecule has 1 aliphatic rings. The molecule has 1 heterocycles. The van der Waals surface area contributed by atoms with E-state index in [2.05, 4.69) is 10.6 Å². The highest BCUT2D eigenvalue weighted by atomic mass is 16.6. The number of urea groups is 1. The van der Waals surface area contributed by atoms with E-state index in [0.29, 0.717) is 13.0 Å². The summed E-state index contributed by atoms with van der Waals surface area (Å²) in [6.07, 6.45) is 0.833. The van der Waals surface area contributed by atoms with E-state index in [9.17, 15) is 14.4 Å². The van der Waals surface area contributed by atoms with Gasteiger partial charge in [-0.05, 0) is 26.7 Å². The van der Waals surface area contributed by atoms with Gasteiger partial charge in [0.1, 0.15) is 0 Å². The van der Waals surface area contributed by atoms with Crippen molar-refractivity contribution in [2.45, 2.75) is 38.8 Å². The van der Waals surface area contributed by atoms with E-state index in [1.54, 1.807) is 13.8 Å². The summed E-state index contributed by atoms with van der Waals surface area (Å²) in [6, 6.07) is -0.685. The number of imide groups is 1. The van der Waals surface area contributed by atoms with Gasteiger partial charge in [0.15, 0.2) is 12.7 Å². The maximum Gasteiger partial charge on any atom is 0.335 e. The minimum absolute atomic E-state index is 0.0766. The number of nitrogens with one attached hydrogen (secondary N) is 2. The zero-order chi connectivity index (χ0) is 13.5. The molecule has 0 spiro atoms. The van der Waals surface area contributed by atoms with Crippen LogP contribution in [-0.4, -0.2) is 43.3 Å². The molecule has 1 fully saturated rings. The molecular weight excluding hydrogens is 240 g/mol. The van der Waals surface area contributed by atoms with E-state index in [1.165, 1.54) is 0 Å². The Bertz CT molecular complexity index is 323. The third kappa shape index (κ3) is 5.13. The number of rotatable bonds is 4. The molecule has 0 saturated carbocycles. The van der Waals surface area contributed by atoms with Gasteiger partial charge in [0.2, 0.25) is 0 Å². The van der Waals surface area contributed by atoms with Crippen LogP contribution in [0.3, 0.4) is 0 Å². The number of hydrogen-bond donors (Lipinski definition) is 2. The molecule has 2 N–H and O–H groups in total. The van der Waals surface area contributed by atoms with E-state index in [-0.39, 0.29) is 6.04 Å². The molecule has 1 atom stereocenters. The fourth-order valence-corrected chi connectivity index (χ4v) is 1.45. The Morgan fingerprint density at radius 1 is 1.39 bits per heavy atom. The van der Waals surface area contributed by atoms with Crippen molar-refractivity contribution in [3.63, 3.8) is 0 Å². The molecule has 1 aliphatic heterocycles. The first-order chi connectivity index (χ1) is 8.49. The Morgan fingerprint density at radius 3 is 2.67 bits per heavy atom. The van der Waals surface area contributed by atoms with Crippen LogP contribution >= 0.6 is 0 Å². The van der Waals surface area contributed by atoms with Crippen LogP contribution in [0.1, 0.15) is 26.7 Å². The number of ether oxygens (including phenoxy) is 2. The first-order valence-electron chi connectivity index (χ1n) is 5.87. The van der Waals surface area contributed by atoms with E-state index >= 15 is 0 Å². The second-order valence-electron chi connectivity index (χ2n) is 4.29. The van der Waals surface area contributed by atoms with Gasteiger partial charge in [0.05, 0.1) is 0 Å². The predicted molar refractivity (Wildman–Crippen MR) is 61.7 cm³/mol. The fraction of sp³-hybridized carbons (Fsp3) is 0.727. The molecule has 102 valence electrons. The van der Waals surface area contributed by atoms with Gasteiger partial charge < -0.3 is 14.8 Å². The molecule has 0 bridgehead atoms. The van der Waals surface area contributed by atoms with Crippen LogP contribution in [0.4, 0.5) is 4.79 Å². The Kier molecular flexibility index (Phi) is 5.57. The molecule has 0 aromatic rings. The molecule has 1 rings (SSSR count). The molecule has 0 radical (unpaired) electrons. The highest BCUT2D eigenvalue weighted by molar-refractivity contribution is 5.95. The lowest BCUT2D eigenvalue weighted by Crippen LogP contribution is -2.44. The molecule has 7 heteroatoms. The summed E-state index contributed by atoms with van der Waals surface area (Å²) in [6.45, 7) is 3.58. The van der Waals surface area contributed by atoms with Gasteiger partial charge in [-0.1, -0.05) is 0 Å². The van der Waals surface area contributed by atoms with Crippen molar-refractivity contribution in [2.24, 2.45) is 0 Å². The van der Waals surface area contributed by atoms with Crippen LogP contribution < -0.4 is 10.6 Å². The topological polar surface area (TPSA) is 93.7 Å². The average Bonchev–Trinajstić information content (AvgIpc) is 2.77. The zero-order valence-corrected chi connectivity index (χ0v) is 10.5. The Balaban J connectivity index is 2.20. The number of carbonyl (C=O) groups is 3. The number of carbonyl (C=O) groups excluding carboxylic acids is 3. The van der Waals surface area contributed by atoms with Crippen LogP contribution in [-0.2, 0) is 19.1 Å². The molecule has 0 aromatic carbocycles. The van der Waals surface area contributed by atoms with Crippen molar-refractivity contribution in [2.75, 3.05) is 13.2 Å². The lowest BCUT2D eigenvalue weighted by molar-refractivity contribution is -0.157. The lowest BCUT2D eigenvalue weighted by Gasteiger charge is -2.11. The average molecular weight is 258 g/mol. The lowest BCUT2D eigenvalue weighted by atomic mass is 10.2. The second-order valence-corrected chi connectivity index (χ2v) is 4.29. The Labute approximate surface area is 105 Å². The third-order valence-electron chi connectivity index (χ3n) is 2.21. The largest absolute Gasteiger partial charge is 0.454 e. The zero-order valence-electron chi connectivity index (χ0n) is 10.5. The summed E-state index contributed by atoms with van der Waals surface area (Å²) in [4.78, 5) is 33.8. The Morgan fingerprint density at radius 2 is 2.11 bits per heavy atom. The second kappa shape index (κ2) is 6.95. The van der Waals surface area contributed by atoms with Crippen molar-refractivity contribution < 1.29 is 23.9 Å². The number of amides is 3. The summed E-state index contributed by atoms with van der Waals surface area (Å²) < 4.78 is 9.83.